The van der Waals surface area contributed by atoms with Gasteiger partial charge in [0.1, 0.15) is 12.3 Å². The summed E-state index contributed by atoms with van der Waals surface area (Å²) in [5.41, 5.74) is 0.593. The molecule has 0 amide bonds. The number of aryl methyl sites for hydroxylation is 1. The molecule has 1 aromatic heterocycles. The number of halogens is 3. The zero-order chi connectivity index (χ0) is 17.9. The van der Waals surface area contributed by atoms with Crippen molar-refractivity contribution >= 4 is 0 Å². The van der Waals surface area contributed by atoms with Crippen LogP contribution in [-0.2, 0) is 18.4 Å². The summed E-state index contributed by atoms with van der Waals surface area (Å²) < 4.78 is 39.0. The molecular formula is C17H20F3N3O. The quantitative estimate of drug-likeness (QED) is 0.840. The highest BCUT2D eigenvalue weighted by Crippen LogP contribution is 2.57. The maximum Gasteiger partial charge on any atom is 0.408 e. The van der Waals surface area contributed by atoms with Crippen LogP contribution < -0.4 is 0 Å². The summed E-state index contributed by atoms with van der Waals surface area (Å²) in [6, 6.07) is 2.06. The molecule has 0 bridgehead atoms. The van der Waals surface area contributed by atoms with Crippen molar-refractivity contribution in [1.82, 2.24) is 9.78 Å². The first kappa shape index (κ1) is 16.9. The second-order valence-corrected chi connectivity index (χ2v) is 7.66. The van der Waals surface area contributed by atoms with Gasteiger partial charge in [0.15, 0.2) is 0 Å². The highest BCUT2D eigenvalue weighted by molar-refractivity contribution is 5.42. The second-order valence-electron chi connectivity index (χ2n) is 7.66. The number of rotatable bonds is 1. The third kappa shape index (κ3) is 2.40. The average molecular weight is 339 g/mol. The van der Waals surface area contributed by atoms with E-state index in [0.717, 1.165) is 16.7 Å². The monoisotopic (exact) mass is 339 g/mol. The number of aliphatic hydroxyl groups excluding tert-OH is 1. The normalized spacial score (nSPS) is 29.0. The zero-order valence-electron chi connectivity index (χ0n) is 13.9. The summed E-state index contributed by atoms with van der Waals surface area (Å²) in [6.45, 7) is 4.61. The minimum Gasteiger partial charge on any atom is -0.511 e. The first-order valence-corrected chi connectivity index (χ1v) is 7.95. The van der Waals surface area contributed by atoms with Crippen molar-refractivity contribution < 1.29 is 18.3 Å². The molecule has 1 N–H and O–H groups in total. The topological polar surface area (TPSA) is 61.8 Å². The lowest BCUT2D eigenvalue weighted by Gasteiger charge is -2.51. The van der Waals surface area contributed by atoms with E-state index in [2.05, 4.69) is 11.2 Å². The maximum atomic E-state index is 12.7. The molecule has 0 saturated heterocycles. The number of allylic oxidation sites excluding steroid dienone is 2. The lowest BCUT2D eigenvalue weighted by molar-refractivity contribution is -0.142. The van der Waals surface area contributed by atoms with Crippen LogP contribution >= 0.6 is 0 Å². The van der Waals surface area contributed by atoms with Gasteiger partial charge in [0.2, 0.25) is 0 Å². The molecule has 7 heteroatoms. The molecule has 1 aromatic rings. The average Bonchev–Trinajstić information content (AvgIpc) is 2.84. The summed E-state index contributed by atoms with van der Waals surface area (Å²) in [7, 11) is 0. The lowest BCUT2D eigenvalue weighted by atomic mass is 9.52. The molecule has 0 spiro atoms. The van der Waals surface area contributed by atoms with Crippen LogP contribution in [0.1, 0.15) is 44.9 Å². The van der Waals surface area contributed by atoms with Gasteiger partial charge in [-0.25, -0.2) is 0 Å². The number of hydrogen-bond donors (Lipinski definition) is 1. The van der Waals surface area contributed by atoms with Crippen molar-refractivity contribution in [3.63, 3.8) is 0 Å². The van der Waals surface area contributed by atoms with Gasteiger partial charge in [-0.2, -0.15) is 23.5 Å². The Morgan fingerprint density at radius 2 is 2.08 bits per heavy atom. The van der Waals surface area contributed by atoms with Gasteiger partial charge < -0.3 is 5.11 Å². The van der Waals surface area contributed by atoms with Gasteiger partial charge in [0.05, 0.1) is 17.3 Å². The third-order valence-corrected chi connectivity index (χ3v) is 5.64. The Morgan fingerprint density at radius 1 is 1.42 bits per heavy atom. The SMILES string of the molecule is CC1(C)C(O)=C(C#N)C[C@]2(C)c3nn(CC(F)(F)F)cc3CC[C@@H]12. The predicted octanol–water partition coefficient (Wildman–Crippen LogP) is 4.03. The third-order valence-electron chi connectivity index (χ3n) is 5.64. The molecule has 0 unspecified atom stereocenters. The first-order valence-electron chi connectivity index (χ1n) is 7.95. The fourth-order valence-electron chi connectivity index (χ4n) is 4.64. The van der Waals surface area contributed by atoms with Crippen LogP contribution in [0.15, 0.2) is 17.5 Å². The van der Waals surface area contributed by atoms with E-state index in [1.807, 2.05) is 20.8 Å². The van der Waals surface area contributed by atoms with Gasteiger partial charge in [-0.05, 0) is 30.7 Å². The molecule has 24 heavy (non-hydrogen) atoms. The van der Waals surface area contributed by atoms with Crippen LogP contribution in [0.5, 0.6) is 0 Å². The van der Waals surface area contributed by atoms with Gasteiger partial charge in [-0.1, -0.05) is 20.8 Å². The van der Waals surface area contributed by atoms with Crippen LogP contribution in [0, 0.1) is 22.7 Å². The Hall–Kier alpha value is -1.97. The summed E-state index contributed by atoms with van der Waals surface area (Å²) in [5.74, 6) is 0.120. The number of fused-ring (bicyclic) bond motifs is 3. The molecule has 1 heterocycles. The Balaban J connectivity index is 2.09. The largest absolute Gasteiger partial charge is 0.511 e. The minimum atomic E-state index is -4.32. The maximum absolute atomic E-state index is 12.7. The van der Waals surface area contributed by atoms with E-state index in [1.54, 1.807) is 0 Å². The first-order chi connectivity index (χ1) is 11.0. The summed E-state index contributed by atoms with van der Waals surface area (Å²) in [6.07, 6.45) is -1.17. The number of nitrogens with zero attached hydrogens (tertiary/aromatic N) is 3. The number of nitriles is 1. The van der Waals surface area contributed by atoms with E-state index in [1.165, 1.54) is 6.20 Å². The summed E-state index contributed by atoms with van der Waals surface area (Å²) in [4.78, 5) is 0. The van der Waals surface area contributed by atoms with Crippen molar-refractivity contribution in [1.29, 1.82) is 5.26 Å². The molecule has 3 rings (SSSR count). The van der Waals surface area contributed by atoms with E-state index >= 15 is 0 Å². The van der Waals surface area contributed by atoms with Crippen molar-refractivity contribution in [2.45, 2.75) is 58.2 Å². The van der Waals surface area contributed by atoms with Gasteiger partial charge in [0.25, 0.3) is 0 Å². The zero-order valence-corrected chi connectivity index (χ0v) is 13.9. The summed E-state index contributed by atoms with van der Waals surface area (Å²) >= 11 is 0. The van der Waals surface area contributed by atoms with Crippen LogP contribution in [0.4, 0.5) is 13.2 Å². The predicted molar refractivity (Wildman–Crippen MR) is 81.1 cm³/mol. The molecular weight excluding hydrogens is 319 g/mol. The molecule has 0 aromatic carbocycles. The summed E-state index contributed by atoms with van der Waals surface area (Å²) in [5, 5.41) is 24.0. The molecule has 2 aliphatic carbocycles. The molecule has 0 radical (unpaired) electrons. The van der Waals surface area contributed by atoms with Crippen LogP contribution in [0.3, 0.4) is 0 Å². The number of aromatic nitrogens is 2. The number of alkyl halides is 3. The Kier molecular flexibility index (Phi) is 3.52. The van der Waals surface area contributed by atoms with E-state index < -0.39 is 23.6 Å². The molecule has 2 aliphatic rings. The Bertz CT molecular complexity index is 754. The van der Waals surface area contributed by atoms with Gasteiger partial charge in [-0.3, -0.25) is 4.68 Å². The fourth-order valence-corrected chi connectivity index (χ4v) is 4.64. The number of aliphatic hydroxyl groups is 1. The van der Waals surface area contributed by atoms with Crippen LogP contribution in [0.2, 0.25) is 0 Å². The molecule has 2 atom stereocenters. The highest BCUT2D eigenvalue weighted by atomic mass is 19.4. The van der Waals surface area contributed by atoms with E-state index in [9.17, 15) is 23.5 Å². The molecule has 0 aliphatic heterocycles. The van der Waals surface area contributed by atoms with E-state index in [0.29, 0.717) is 24.1 Å². The minimum absolute atomic E-state index is 0.0174. The van der Waals surface area contributed by atoms with Crippen molar-refractivity contribution in [2.24, 2.45) is 11.3 Å². The standard InChI is InChI=1S/C17H20F3N3O/c1-15(2)12-5-4-10-8-23(9-17(18,19)20)22-13(10)16(12,3)6-11(7-21)14(15)24/h8,12,24H,4-6,9H2,1-3H3/t12-,16-/m0/s1. The van der Waals surface area contributed by atoms with Crippen molar-refractivity contribution in [3.8, 4) is 6.07 Å². The lowest BCUT2D eigenvalue weighted by Crippen LogP contribution is -2.49. The number of hydrogen-bond acceptors (Lipinski definition) is 3. The van der Waals surface area contributed by atoms with Crippen molar-refractivity contribution in [3.05, 3.63) is 28.8 Å². The smallest absolute Gasteiger partial charge is 0.408 e. The van der Waals surface area contributed by atoms with E-state index in [-0.39, 0.29) is 11.7 Å². The van der Waals surface area contributed by atoms with Crippen LogP contribution in [-0.4, -0.2) is 21.1 Å². The Labute approximate surface area is 138 Å². The van der Waals surface area contributed by atoms with E-state index in [4.69, 9.17) is 0 Å². The van der Waals surface area contributed by atoms with Crippen molar-refractivity contribution in [2.75, 3.05) is 0 Å². The van der Waals surface area contributed by atoms with Gasteiger partial charge >= 0.3 is 6.18 Å². The van der Waals surface area contributed by atoms with Gasteiger partial charge in [0, 0.05) is 17.0 Å². The molecule has 130 valence electrons. The molecule has 0 fully saturated rings. The Morgan fingerprint density at radius 3 is 2.67 bits per heavy atom. The molecule has 4 nitrogen and oxygen atoms in total. The second kappa shape index (κ2) is 5.01. The van der Waals surface area contributed by atoms with Crippen LogP contribution in [0.25, 0.3) is 0 Å². The van der Waals surface area contributed by atoms with Gasteiger partial charge in [-0.15, -0.1) is 0 Å². The highest BCUT2D eigenvalue weighted by Gasteiger charge is 2.55. The fraction of sp³-hybridized carbons (Fsp3) is 0.647. The molecule has 0 saturated carbocycles.